The first kappa shape index (κ1) is 33.3. The van der Waals surface area contributed by atoms with Gasteiger partial charge in [-0.1, -0.05) is 0 Å². The van der Waals surface area contributed by atoms with Crippen LogP contribution >= 0.6 is 0 Å². The maximum atomic E-state index is 10.4. The molecular formula is C10H20N2O12-4. The minimum atomic E-state index is -1.53. The average Bonchev–Trinajstić information content (AvgIpc) is 2.22. The van der Waals surface area contributed by atoms with E-state index in [2.05, 4.69) is 0 Å². The summed E-state index contributed by atoms with van der Waals surface area (Å²) < 4.78 is 0. The van der Waals surface area contributed by atoms with E-state index in [9.17, 15) is 39.6 Å². The van der Waals surface area contributed by atoms with E-state index in [4.69, 9.17) is 0 Å². The molecule has 0 aliphatic carbocycles. The first-order chi connectivity index (χ1) is 9.20. The molecule has 0 aromatic rings. The Morgan fingerprint density at radius 2 is 0.667 bits per heavy atom. The van der Waals surface area contributed by atoms with Crippen LogP contribution in [-0.4, -0.2) is 94.9 Å². The summed E-state index contributed by atoms with van der Waals surface area (Å²) >= 11 is 0. The molecule has 146 valence electrons. The van der Waals surface area contributed by atoms with Crippen molar-refractivity contribution in [3.63, 3.8) is 0 Å². The third kappa shape index (κ3) is 19.6. The molecule has 14 heteroatoms. The highest BCUT2D eigenvalue weighted by atomic mass is 16.4. The summed E-state index contributed by atoms with van der Waals surface area (Å²) in [5.41, 5.74) is 0. The van der Waals surface area contributed by atoms with Crippen molar-refractivity contribution < 1.29 is 61.5 Å². The predicted octanol–water partition coefficient (Wildman–Crippen LogP) is -10.7. The minimum absolute atomic E-state index is 0. The smallest absolute Gasteiger partial charge is 0.0555 e. The van der Waals surface area contributed by atoms with Crippen molar-refractivity contribution in [2.45, 2.75) is 0 Å². The van der Waals surface area contributed by atoms with E-state index in [1.165, 1.54) is 0 Å². The molecule has 0 aliphatic heterocycles. The summed E-state index contributed by atoms with van der Waals surface area (Å²) in [6, 6.07) is 0. The molecule has 0 unspecified atom stereocenters. The number of hydrogen-bond donors (Lipinski definition) is 0. The normalized spacial score (nSPS) is 8.92. The number of aliphatic carboxylic acids is 4. The molecule has 0 amide bonds. The molecule has 24 heavy (non-hydrogen) atoms. The number of carboxylic acids is 4. The fourth-order valence-electron chi connectivity index (χ4n) is 1.44. The van der Waals surface area contributed by atoms with Gasteiger partial charge >= 0.3 is 0 Å². The molecule has 0 radical (unpaired) electrons. The van der Waals surface area contributed by atoms with Gasteiger partial charge < -0.3 is 61.5 Å². The summed E-state index contributed by atoms with van der Waals surface area (Å²) in [4.78, 5) is 43.4. The monoisotopic (exact) mass is 360 g/mol. The van der Waals surface area contributed by atoms with Gasteiger partial charge in [0.1, 0.15) is 0 Å². The number of nitrogens with zero attached hydrogens (tertiary/aromatic N) is 2. The summed E-state index contributed by atoms with van der Waals surface area (Å²) in [5.74, 6) is -6.12. The predicted molar refractivity (Wildman–Crippen MR) is 67.4 cm³/mol. The van der Waals surface area contributed by atoms with E-state index in [-0.39, 0.29) is 35.0 Å². The largest absolute Gasteiger partial charge is 0.549 e. The topological polar surface area (TPSA) is 293 Å². The van der Waals surface area contributed by atoms with E-state index >= 15 is 0 Å². The zero-order valence-corrected chi connectivity index (χ0v) is 12.4. The van der Waals surface area contributed by atoms with Crippen LogP contribution in [-0.2, 0) is 19.2 Å². The Morgan fingerprint density at radius 1 is 0.500 bits per heavy atom. The third-order valence-electron chi connectivity index (χ3n) is 2.14. The molecule has 0 aromatic carbocycles. The van der Waals surface area contributed by atoms with Gasteiger partial charge in [0.15, 0.2) is 0 Å². The van der Waals surface area contributed by atoms with E-state index in [1.807, 2.05) is 0 Å². The van der Waals surface area contributed by atoms with Crippen LogP contribution in [0.1, 0.15) is 0 Å². The van der Waals surface area contributed by atoms with Crippen LogP contribution in [0.4, 0.5) is 0 Å². The zero-order chi connectivity index (χ0) is 15.7. The molecule has 14 nitrogen and oxygen atoms in total. The molecule has 0 bridgehead atoms. The van der Waals surface area contributed by atoms with Gasteiger partial charge in [0.05, 0.1) is 23.9 Å². The fourth-order valence-corrected chi connectivity index (χ4v) is 1.44. The Labute approximate surface area is 135 Å². The van der Waals surface area contributed by atoms with Crippen LogP contribution < -0.4 is 20.4 Å². The summed E-state index contributed by atoms with van der Waals surface area (Å²) in [6.07, 6.45) is 0. The Bertz CT molecular complexity index is 320. The molecule has 8 N–H and O–H groups in total. The molecule has 0 aromatic heterocycles. The third-order valence-corrected chi connectivity index (χ3v) is 2.14. The Balaban J connectivity index is -0.000000301. The number of rotatable bonds is 11. The second-order valence-corrected chi connectivity index (χ2v) is 3.91. The van der Waals surface area contributed by atoms with Crippen molar-refractivity contribution in [3.8, 4) is 0 Å². The SMILES string of the molecule is O.O.O.O.O=C([O-])CN(CCN(CC(=O)[O-])CC(=O)[O-])CC(=O)[O-]. The van der Waals surface area contributed by atoms with Gasteiger partial charge in [0.2, 0.25) is 0 Å². The van der Waals surface area contributed by atoms with E-state index in [1.54, 1.807) is 0 Å². The average molecular weight is 360 g/mol. The maximum absolute atomic E-state index is 10.4. The van der Waals surface area contributed by atoms with Crippen LogP contribution in [0.25, 0.3) is 0 Å². The molecule has 0 saturated carbocycles. The number of carbonyl (C=O) groups excluding carboxylic acids is 4. The first-order valence-electron chi connectivity index (χ1n) is 5.44. The lowest BCUT2D eigenvalue weighted by Gasteiger charge is -2.28. The fraction of sp³-hybridized carbons (Fsp3) is 0.600. The van der Waals surface area contributed by atoms with Gasteiger partial charge in [-0.15, -0.1) is 0 Å². The van der Waals surface area contributed by atoms with Crippen molar-refractivity contribution in [2.75, 3.05) is 39.3 Å². The van der Waals surface area contributed by atoms with Crippen LogP contribution in [0.2, 0.25) is 0 Å². The molecule has 0 fully saturated rings. The van der Waals surface area contributed by atoms with Gasteiger partial charge in [-0.3, -0.25) is 9.80 Å². The second-order valence-electron chi connectivity index (χ2n) is 3.91. The van der Waals surface area contributed by atoms with E-state index < -0.39 is 50.1 Å². The van der Waals surface area contributed by atoms with Gasteiger partial charge in [-0.05, 0) is 0 Å². The second kappa shape index (κ2) is 17.0. The van der Waals surface area contributed by atoms with Gasteiger partial charge in [0, 0.05) is 39.3 Å². The minimum Gasteiger partial charge on any atom is -0.549 e. The Morgan fingerprint density at radius 3 is 0.792 bits per heavy atom. The molecule has 0 saturated heterocycles. The van der Waals surface area contributed by atoms with Crippen LogP contribution in [0.15, 0.2) is 0 Å². The molecule has 0 aliphatic rings. The van der Waals surface area contributed by atoms with Crippen molar-refractivity contribution in [1.82, 2.24) is 9.80 Å². The van der Waals surface area contributed by atoms with Crippen molar-refractivity contribution in [3.05, 3.63) is 0 Å². The zero-order valence-electron chi connectivity index (χ0n) is 12.4. The Hall–Kier alpha value is -2.36. The highest BCUT2D eigenvalue weighted by molar-refractivity contribution is 5.71. The van der Waals surface area contributed by atoms with E-state index in [0.29, 0.717) is 0 Å². The number of carboxylic acid groups (broad SMARTS) is 4. The molecular weight excluding hydrogens is 340 g/mol. The van der Waals surface area contributed by atoms with Gasteiger partial charge in [0.25, 0.3) is 0 Å². The quantitative estimate of drug-likeness (QED) is 0.334. The van der Waals surface area contributed by atoms with Crippen molar-refractivity contribution in [2.24, 2.45) is 0 Å². The van der Waals surface area contributed by atoms with Gasteiger partial charge in [-0.25, -0.2) is 0 Å². The summed E-state index contributed by atoms with van der Waals surface area (Å²) in [6.45, 7) is -3.25. The van der Waals surface area contributed by atoms with Crippen LogP contribution in [0, 0.1) is 0 Å². The summed E-state index contributed by atoms with van der Waals surface area (Å²) in [7, 11) is 0. The van der Waals surface area contributed by atoms with Crippen LogP contribution in [0.3, 0.4) is 0 Å². The number of carbonyl (C=O) groups is 4. The molecule has 0 atom stereocenters. The summed E-state index contributed by atoms with van der Waals surface area (Å²) in [5, 5.41) is 41.6. The van der Waals surface area contributed by atoms with Crippen molar-refractivity contribution >= 4 is 23.9 Å². The standard InChI is InChI=1S/C10H16N2O8.4H2O/c13-7(14)3-11(4-8(15)16)1-2-12(5-9(17)18)6-10(19)20;;;;/h1-6H2,(H,13,14)(H,15,16)(H,17,18)(H,19,20);4*1H2/p-4. The van der Waals surface area contributed by atoms with E-state index in [0.717, 1.165) is 9.80 Å². The Kier molecular flexibility index (Phi) is 23.6. The highest BCUT2D eigenvalue weighted by Crippen LogP contribution is 1.92. The lowest BCUT2D eigenvalue weighted by atomic mass is 10.4. The lowest BCUT2D eigenvalue weighted by molar-refractivity contribution is -0.314. The van der Waals surface area contributed by atoms with Gasteiger partial charge in [-0.2, -0.15) is 0 Å². The first-order valence-corrected chi connectivity index (χ1v) is 5.44. The highest BCUT2D eigenvalue weighted by Gasteiger charge is 2.10. The van der Waals surface area contributed by atoms with Crippen LogP contribution in [0.5, 0.6) is 0 Å². The molecule has 0 heterocycles. The van der Waals surface area contributed by atoms with Crippen molar-refractivity contribution in [1.29, 1.82) is 0 Å². The molecule has 0 rings (SSSR count). The maximum Gasteiger partial charge on any atom is 0.0555 e. The number of hydrogen-bond acceptors (Lipinski definition) is 10. The molecule has 0 spiro atoms. The lowest BCUT2D eigenvalue weighted by Crippen LogP contribution is -2.50.